The van der Waals surface area contributed by atoms with Gasteiger partial charge in [-0.3, -0.25) is 0 Å². The van der Waals surface area contributed by atoms with Gasteiger partial charge in [-0.1, -0.05) is 48.5 Å². The second kappa shape index (κ2) is 8.88. The lowest BCUT2D eigenvalue weighted by Crippen LogP contribution is -2.32. The first-order valence-electron chi connectivity index (χ1n) is 10.1. The molecular weight excluding hydrogens is 396 g/mol. The summed E-state index contributed by atoms with van der Waals surface area (Å²) in [6, 6.07) is 22.2. The molecule has 0 aromatic heterocycles. The first-order valence-corrected chi connectivity index (χ1v) is 10.1. The summed E-state index contributed by atoms with van der Waals surface area (Å²) in [5.74, 6) is 2.07. The molecule has 0 heterocycles. The quantitative estimate of drug-likeness (QED) is 0.545. The third kappa shape index (κ3) is 4.31. The molecule has 3 aromatic rings. The lowest BCUT2D eigenvalue weighted by atomic mass is 10.0. The van der Waals surface area contributed by atoms with E-state index in [-0.39, 0.29) is 0 Å². The Morgan fingerprint density at radius 2 is 1.52 bits per heavy atom. The Labute approximate surface area is 181 Å². The van der Waals surface area contributed by atoms with Crippen LogP contribution in [0.1, 0.15) is 23.7 Å². The number of ether oxygens (including phenoxy) is 4. The second-order valence-corrected chi connectivity index (χ2v) is 7.51. The summed E-state index contributed by atoms with van der Waals surface area (Å²) >= 11 is 0. The smallest absolute Gasteiger partial charge is 0.167 e. The normalized spacial score (nSPS) is 20.6. The monoisotopic (exact) mass is 422 g/mol. The van der Waals surface area contributed by atoms with Gasteiger partial charge in [-0.05, 0) is 35.4 Å². The van der Waals surface area contributed by atoms with Gasteiger partial charge in [-0.25, -0.2) is 0 Å². The number of aliphatic hydroxyl groups excluding tert-OH is 2. The molecule has 2 unspecified atom stereocenters. The number of aliphatic hydroxyl groups is 2. The van der Waals surface area contributed by atoms with Crippen LogP contribution in [0.5, 0.6) is 23.0 Å². The van der Waals surface area contributed by atoms with Crippen LogP contribution in [0.15, 0.2) is 72.8 Å². The van der Waals surface area contributed by atoms with E-state index in [4.69, 9.17) is 18.9 Å². The molecule has 0 amide bonds. The van der Waals surface area contributed by atoms with Crippen LogP contribution < -0.4 is 18.9 Å². The molecule has 6 nitrogen and oxygen atoms in total. The van der Waals surface area contributed by atoms with Gasteiger partial charge in [0.05, 0.1) is 14.2 Å². The third-order valence-corrected chi connectivity index (χ3v) is 5.49. The standard InChI is InChI=1S/C25H26O6/c1-28-19-10-6-7-11-21(19)31-25(15-23(25)26)24(27)18-12-13-20(22(14-18)29-2)30-16-17-8-4-3-5-9-17/h3-14,23-24,26-27H,15-16H2,1-2H3/t23?,24-,25?/m1/s1. The molecule has 4 rings (SSSR count). The molecule has 1 saturated carbocycles. The van der Waals surface area contributed by atoms with E-state index in [9.17, 15) is 10.2 Å². The summed E-state index contributed by atoms with van der Waals surface area (Å²) in [5, 5.41) is 21.4. The molecule has 1 aliphatic carbocycles. The highest BCUT2D eigenvalue weighted by molar-refractivity contribution is 5.46. The van der Waals surface area contributed by atoms with Gasteiger partial charge in [-0.2, -0.15) is 0 Å². The van der Waals surface area contributed by atoms with Gasteiger partial charge in [0.2, 0.25) is 0 Å². The van der Waals surface area contributed by atoms with Crippen molar-refractivity contribution in [2.24, 2.45) is 0 Å². The molecule has 1 fully saturated rings. The van der Waals surface area contributed by atoms with E-state index in [1.165, 1.54) is 0 Å². The van der Waals surface area contributed by atoms with Crippen LogP contribution in [-0.4, -0.2) is 36.1 Å². The summed E-state index contributed by atoms with van der Waals surface area (Å²) in [4.78, 5) is 0. The first-order chi connectivity index (χ1) is 15.1. The van der Waals surface area contributed by atoms with Crippen molar-refractivity contribution in [3.05, 3.63) is 83.9 Å². The summed E-state index contributed by atoms with van der Waals surface area (Å²) in [7, 11) is 3.10. The molecular formula is C25H26O6. The predicted octanol–water partition coefficient (Wildman–Crippen LogP) is 3.90. The Morgan fingerprint density at radius 3 is 2.16 bits per heavy atom. The highest BCUT2D eigenvalue weighted by Crippen LogP contribution is 2.51. The molecule has 0 saturated heterocycles. The fraction of sp³-hybridized carbons (Fsp3) is 0.280. The molecule has 1 aliphatic rings. The molecule has 0 spiro atoms. The number of hydrogen-bond donors (Lipinski definition) is 2. The lowest BCUT2D eigenvalue weighted by molar-refractivity contribution is -0.0140. The maximum absolute atomic E-state index is 11.1. The average molecular weight is 422 g/mol. The molecule has 0 radical (unpaired) electrons. The Balaban J connectivity index is 1.54. The highest BCUT2D eigenvalue weighted by Gasteiger charge is 2.62. The van der Waals surface area contributed by atoms with E-state index < -0.39 is 17.8 Å². The zero-order valence-corrected chi connectivity index (χ0v) is 17.5. The molecule has 2 N–H and O–H groups in total. The first kappa shape index (κ1) is 21.0. The fourth-order valence-corrected chi connectivity index (χ4v) is 3.60. The van der Waals surface area contributed by atoms with E-state index in [1.807, 2.05) is 42.5 Å². The predicted molar refractivity (Wildman–Crippen MR) is 116 cm³/mol. The van der Waals surface area contributed by atoms with Crippen LogP contribution >= 0.6 is 0 Å². The van der Waals surface area contributed by atoms with E-state index in [0.29, 0.717) is 41.6 Å². The largest absolute Gasteiger partial charge is 0.493 e. The van der Waals surface area contributed by atoms with Crippen LogP contribution in [0.2, 0.25) is 0 Å². The molecule has 0 bridgehead atoms. The minimum Gasteiger partial charge on any atom is -0.493 e. The molecule has 162 valence electrons. The van der Waals surface area contributed by atoms with Crippen molar-refractivity contribution in [2.75, 3.05) is 14.2 Å². The summed E-state index contributed by atoms with van der Waals surface area (Å²) < 4.78 is 22.8. The zero-order chi connectivity index (χ0) is 21.8. The SMILES string of the molecule is COc1cc([C@@H](O)C2(Oc3ccccc3OC)CC2O)ccc1OCc1ccccc1. The van der Waals surface area contributed by atoms with Crippen molar-refractivity contribution in [3.63, 3.8) is 0 Å². The summed E-state index contributed by atoms with van der Waals surface area (Å²) in [6.07, 6.45) is -1.56. The Kier molecular flexibility index (Phi) is 6.02. The summed E-state index contributed by atoms with van der Waals surface area (Å²) in [6.45, 7) is 0.401. The van der Waals surface area contributed by atoms with Gasteiger partial charge in [0, 0.05) is 6.42 Å². The average Bonchev–Trinajstić information content (AvgIpc) is 3.47. The van der Waals surface area contributed by atoms with Crippen LogP contribution in [0.3, 0.4) is 0 Å². The van der Waals surface area contributed by atoms with Crippen LogP contribution in [0.25, 0.3) is 0 Å². The Morgan fingerprint density at radius 1 is 0.871 bits per heavy atom. The number of para-hydroxylation sites is 2. The Bertz CT molecular complexity index is 1020. The third-order valence-electron chi connectivity index (χ3n) is 5.49. The van der Waals surface area contributed by atoms with Gasteiger partial charge in [0.15, 0.2) is 28.6 Å². The Hall–Kier alpha value is -3.22. The number of hydrogen-bond acceptors (Lipinski definition) is 6. The molecule has 3 atom stereocenters. The van der Waals surface area contributed by atoms with Crippen molar-refractivity contribution >= 4 is 0 Å². The molecule has 31 heavy (non-hydrogen) atoms. The van der Waals surface area contributed by atoms with Crippen molar-refractivity contribution in [1.29, 1.82) is 0 Å². The molecule has 0 aliphatic heterocycles. The number of methoxy groups -OCH3 is 2. The van der Waals surface area contributed by atoms with Gasteiger partial charge in [0.1, 0.15) is 18.8 Å². The van der Waals surface area contributed by atoms with Gasteiger partial charge in [-0.15, -0.1) is 0 Å². The van der Waals surface area contributed by atoms with Crippen molar-refractivity contribution in [3.8, 4) is 23.0 Å². The van der Waals surface area contributed by atoms with E-state index in [0.717, 1.165) is 5.56 Å². The van der Waals surface area contributed by atoms with E-state index in [1.54, 1.807) is 44.6 Å². The van der Waals surface area contributed by atoms with Crippen LogP contribution in [0, 0.1) is 0 Å². The van der Waals surface area contributed by atoms with Crippen molar-refractivity contribution in [2.45, 2.75) is 30.8 Å². The summed E-state index contributed by atoms with van der Waals surface area (Å²) in [5.41, 5.74) is 0.459. The van der Waals surface area contributed by atoms with Crippen molar-refractivity contribution in [1.82, 2.24) is 0 Å². The van der Waals surface area contributed by atoms with E-state index >= 15 is 0 Å². The maximum Gasteiger partial charge on any atom is 0.167 e. The topological polar surface area (TPSA) is 77.4 Å². The molecule has 3 aromatic carbocycles. The minimum atomic E-state index is -1.15. The fourth-order valence-electron chi connectivity index (χ4n) is 3.60. The van der Waals surface area contributed by atoms with Gasteiger partial charge >= 0.3 is 0 Å². The van der Waals surface area contributed by atoms with Gasteiger partial charge in [0.25, 0.3) is 0 Å². The number of benzene rings is 3. The van der Waals surface area contributed by atoms with Crippen molar-refractivity contribution < 1.29 is 29.2 Å². The van der Waals surface area contributed by atoms with Gasteiger partial charge < -0.3 is 29.2 Å². The number of rotatable bonds is 9. The van der Waals surface area contributed by atoms with Crippen LogP contribution in [0.4, 0.5) is 0 Å². The zero-order valence-electron chi connectivity index (χ0n) is 17.5. The molecule has 6 heteroatoms. The second-order valence-electron chi connectivity index (χ2n) is 7.51. The highest BCUT2D eigenvalue weighted by atomic mass is 16.6. The lowest BCUT2D eigenvalue weighted by Gasteiger charge is -2.26. The minimum absolute atomic E-state index is 0.306. The maximum atomic E-state index is 11.1. The van der Waals surface area contributed by atoms with E-state index in [2.05, 4.69) is 0 Å². The van der Waals surface area contributed by atoms with Crippen LogP contribution in [-0.2, 0) is 6.61 Å².